The summed E-state index contributed by atoms with van der Waals surface area (Å²) in [5.41, 5.74) is 0. The van der Waals surface area contributed by atoms with Crippen LogP contribution in [-0.4, -0.2) is 58.5 Å². The molecule has 2 aromatic heterocycles. The van der Waals surface area contributed by atoms with E-state index in [1.807, 2.05) is 24.3 Å². The summed E-state index contributed by atoms with van der Waals surface area (Å²) in [5.74, 6) is 2.09. The van der Waals surface area contributed by atoms with Crippen LogP contribution in [0.4, 0.5) is 0 Å². The highest BCUT2D eigenvalue weighted by Crippen LogP contribution is 2.37. The lowest BCUT2D eigenvalue weighted by Gasteiger charge is -2.29. The Morgan fingerprint density at radius 3 is 2.86 bits per heavy atom. The molecule has 0 radical (unpaired) electrons. The summed E-state index contributed by atoms with van der Waals surface area (Å²) in [6.07, 6.45) is 2.58. The number of hydrogen-bond donors (Lipinski definition) is 0. The van der Waals surface area contributed by atoms with E-state index in [1.54, 1.807) is 4.52 Å². The maximum Gasteiger partial charge on any atom is 0.234 e. The van der Waals surface area contributed by atoms with E-state index in [4.69, 9.17) is 9.47 Å². The van der Waals surface area contributed by atoms with E-state index in [1.165, 1.54) is 21.9 Å². The molecule has 148 valence electrons. The molecule has 2 aliphatic rings. The molecule has 11 heteroatoms. The van der Waals surface area contributed by atoms with Gasteiger partial charge in [-0.15, -0.1) is 10.2 Å². The molecule has 1 saturated heterocycles. The van der Waals surface area contributed by atoms with Crippen LogP contribution in [0.5, 0.6) is 11.5 Å². The number of fused-ring (bicyclic) bond motifs is 2. The first-order valence-electron chi connectivity index (χ1n) is 9.04. The van der Waals surface area contributed by atoms with Crippen LogP contribution in [0.15, 0.2) is 24.3 Å². The Morgan fingerprint density at radius 2 is 2.04 bits per heavy atom. The van der Waals surface area contributed by atoms with Gasteiger partial charge in [-0.25, -0.2) is 12.7 Å². The molecule has 4 heterocycles. The molecule has 3 aromatic rings. The monoisotopic (exact) mass is 421 g/mol. The van der Waals surface area contributed by atoms with Crippen molar-refractivity contribution in [3.8, 4) is 11.5 Å². The van der Waals surface area contributed by atoms with Crippen molar-refractivity contribution in [3.05, 3.63) is 35.1 Å². The second kappa shape index (κ2) is 6.68. The lowest BCUT2D eigenvalue weighted by molar-refractivity contribution is 0.0904. The summed E-state index contributed by atoms with van der Waals surface area (Å²) in [7, 11) is -3.22. The number of piperidine rings is 1. The van der Waals surface area contributed by atoms with Crippen molar-refractivity contribution in [2.45, 2.75) is 24.9 Å². The Hall–Kier alpha value is -2.24. The quantitative estimate of drug-likeness (QED) is 0.636. The minimum absolute atomic E-state index is 0.0299. The molecule has 0 N–H and O–H groups in total. The smallest absolute Gasteiger partial charge is 0.234 e. The Kier molecular flexibility index (Phi) is 4.25. The first-order valence-corrected chi connectivity index (χ1v) is 11.7. The maximum absolute atomic E-state index is 11.9. The Morgan fingerprint density at radius 1 is 1.21 bits per heavy atom. The number of para-hydroxylation sites is 2. The number of benzene rings is 1. The van der Waals surface area contributed by atoms with Crippen LogP contribution in [0.25, 0.3) is 4.96 Å². The number of rotatable bonds is 3. The fraction of sp³-hybridized carbons (Fsp3) is 0.471. The van der Waals surface area contributed by atoms with Crippen molar-refractivity contribution in [2.75, 3.05) is 26.0 Å². The standard InChI is InChI=1S/C17H19N5O4S2/c1-28(23,24)21-8-4-5-11(9-21)15-18-19-17-22(15)20-16(27-17)14-10-25-12-6-2-3-7-13(12)26-14/h2-3,6-7,11,14H,4-5,8-10H2,1H3. The molecule has 2 unspecified atom stereocenters. The number of aromatic nitrogens is 4. The number of sulfonamides is 1. The highest BCUT2D eigenvalue weighted by molar-refractivity contribution is 7.88. The molecule has 2 atom stereocenters. The van der Waals surface area contributed by atoms with Gasteiger partial charge in [0.1, 0.15) is 6.61 Å². The van der Waals surface area contributed by atoms with Gasteiger partial charge in [-0.1, -0.05) is 23.5 Å². The summed E-state index contributed by atoms with van der Waals surface area (Å²) in [6, 6.07) is 7.55. The molecule has 2 aliphatic heterocycles. The molecule has 1 aromatic carbocycles. The highest BCUT2D eigenvalue weighted by atomic mass is 32.2. The van der Waals surface area contributed by atoms with Crippen molar-refractivity contribution >= 4 is 26.3 Å². The van der Waals surface area contributed by atoms with E-state index in [2.05, 4.69) is 15.3 Å². The van der Waals surface area contributed by atoms with Crippen LogP contribution in [0, 0.1) is 0 Å². The summed E-state index contributed by atoms with van der Waals surface area (Å²) < 4.78 is 38.9. The maximum atomic E-state index is 11.9. The lowest BCUT2D eigenvalue weighted by atomic mass is 9.99. The predicted molar refractivity (Wildman–Crippen MR) is 102 cm³/mol. The van der Waals surface area contributed by atoms with E-state index >= 15 is 0 Å². The molecule has 5 rings (SSSR count). The van der Waals surface area contributed by atoms with Crippen LogP contribution >= 0.6 is 11.3 Å². The zero-order valence-electron chi connectivity index (χ0n) is 15.2. The van der Waals surface area contributed by atoms with Gasteiger partial charge >= 0.3 is 0 Å². The summed E-state index contributed by atoms with van der Waals surface area (Å²) >= 11 is 1.41. The lowest BCUT2D eigenvalue weighted by Crippen LogP contribution is -2.38. The van der Waals surface area contributed by atoms with Crippen LogP contribution < -0.4 is 9.47 Å². The molecular formula is C17H19N5O4S2. The average molecular weight is 422 g/mol. The van der Waals surface area contributed by atoms with Gasteiger partial charge in [0.05, 0.1) is 6.26 Å². The third-order valence-corrected chi connectivity index (χ3v) is 7.29. The van der Waals surface area contributed by atoms with Gasteiger partial charge in [-0.2, -0.15) is 9.61 Å². The summed E-state index contributed by atoms with van der Waals surface area (Å²) in [6.45, 7) is 1.33. The van der Waals surface area contributed by atoms with Crippen LogP contribution in [0.2, 0.25) is 0 Å². The Labute approximate surface area is 165 Å². The van der Waals surface area contributed by atoms with E-state index in [0.29, 0.717) is 36.2 Å². The fourth-order valence-electron chi connectivity index (χ4n) is 3.63. The molecule has 0 aliphatic carbocycles. The minimum atomic E-state index is -3.22. The van der Waals surface area contributed by atoms with Crippen molar-refractivity contribution in [3.63, 3.8) is 0 Å². The van der Waals surface area contributed by atoms with Crippen LogP contribution in [0.1, 0.15) is 35.7 Å². The largest absolute Gasteiger partial charge is 0.485 e. The van der Waals surface area contributed by atoms with E-state index in [0.717, 1.165) is 23.6 Å². The molecule has 28 heavy (non-hydrogen) atoms. The zero-order chi connectivity index (χ0) is 19.3. The van der Waals surface area contributed by atoms with Crippen molar-refractivity contribution < 1.29 is 17.9 Å². The highest BCUT2D eigenvalue weighted by Gasteiger charge is 2.32. The number of hydrogen-bond acceptors (Lipinski definition) is 8. The van der Waals surface area contributed by atoms with Gasteiger partial charge in [0.25, 0.3) is 0 Å². The molecule has 0 saturated carbocycles. The first kappa shape index (κ1) is 17.8. The number of ether oxygens (including phenoxy) is 2. The van der Waals surface area contributed by atoms with Gasteiger partial charge in [-0.3, -0.25) is 0 Å². The zero-order valence-corrected chi connectivity index (χ0v) is 16.8. The molecule has 1 fully saturated rings. The predicted octanol–water partition coefficient (Wildman–Crippen LogP) is 1.84. The Bertz CT molecular complexity index is 1130. The summed E-state index contributed by atoms with van der Waals surface area (Å²) in [5, 5.41) is 14.0. The molecular weight excluding hydrogens is 402 g/mol. The normalized spacial score (nSPS) is 23.2. The molecule has 0 spiro atoms. The third kappa shape index (κ3) is 3.12. The van der Waals surface area contributed by atoms with E-state index in [-0.39, 0.29) is 12.0 Å². The van der Waals surface area contributed by atoms with Gasteiger partial charge in [0, 0.05) is 19.0 Å². The minimum Gasteiger partial charge on any atom is -0.485 e. The van der Waals surface area contributed by atoms with Crippen LogP contribution in [0.3, 0.4) is 0 Å². The van der Waals surface area contributed by atoms with Crippen molar-refractivity contribution in [1.82, 2.24) is 24.1 Å². The van der Waals surface area contributed by atoms with Crippen molar-refractivity contribution in [1.29, 1.82) is 0 Å². The topological polar surface area (TPSA) is 98.9 Å². The van der Waals surface area contributed by atoms with Crippen molar-refractivity contribution in [2.24, 2.45) is 0 Å². The Balaban J connectivity index is 1.42. The van der Waals surface area contributed by atoms with E-state index < -0.39 is 10.0 Å². The van der Waals surface area contributed by atoms with Gasteiger partial charge < -0.3 is 9.47 Å². The third-order valence-electron chi connectivity index (χ3n) is 5.03. The van der Waals surface area contributed by atoms with Gasteiger partial charge in [-0.05, 0) is 25.0 Å². The fourth-order valence-corrected chi connectivity index (χ4v) is 5.40. The van der Waals surface area contributed by atoms with Gasteiger partial charge in [0.15, 0.2) is 28.4 Å². The molecule has 0 bridgehead atoms. The second-order valence-corrected chi connectivity index (χ2v) is 9.99. The first-order chi connectivity index (χ1) is 13.5. The average Bonchev–Trinajstić information content (AvgIpc) is 3.28. The van der Waals surface area contributed by atoms with E-state index in [9.17, 15) is 8.42 Å². The SMILES string of the molecule is CS(=O)(=O)N1CCCC(c2nnc3sc(C4COc5ccccc5O4)nn23)C1. The second-order valence-electron chi connectivity index (χ2n) is 7.02. The summed E-state index contributed by atoms with van der Waals surface area (Å²) in [4.78, 5) is 0.670. The van der Waals surface area contributed by atoms with Crippen LogP contribution in [-0.2, 0) is 10.0 Å². The molecule has 9 nitrogen and oxygen atoms in total. The molecule has 0 amide bonds. The number of nitrogens with zero attached hydrogens (tertiary/aromatic N) is 5. The van der Waals surface area contributed by atoms with Gasteiger partial charge in [0.2, 0.25) is 15.0 Å².